The molecule has 28 heavy (non-hydrogen) atoms. The average molecular weight is 494 g/mol. The fraction of sp³-hybridized carbons (Fsp3) is 0.250. The second kappa shape index (κ2) is 7.42. The Hall–Kier alpha value is -2.62. The van der Waals surface area contributed by atoms with Gasteiger partial charge in [0, 0.05) is 3.57 Å². The fourth-order valence-corrected chi connectivity index (χ4v) is 3.40. The van der Waals surface area contributed by atoms with Gasteiger partial charge in [0.05, 0.1) is 23.1 Å². The molecule has 0 atom stereocenters. The van der Waals surface area contributed by atoms with Crippen molar-refractivity contribution < 1.29 is 19.4 Å². The second-order valence-electron chi connectivity index (χ2n) is 7.28. The largest absolute Gasteiger partial charge is 0.464 e. The summed E-state index contributed by atoms with van der Waals surface area (Å²) < 4.78 is 8.38. The van der Waals surface area contributed by atoms with Gasteiger partial charge in [-0.2, -0.15) is 4.57 Å². The number of hydrogen-bond donors (Lipinski definition) is 1. The highest BCUT2D eigenvalue weighted by molar-refractivity contribution is 14.1. The number of ether oxygens (including phenoxy) is 1. The third kappa shape index (κ3) is 3.96. The van der Waals surface area contributed by atoms with Crippen LogP contribution >= 0.6 is 22.6 Å². The second-order valence-corrected chi connectivity index (χ2v) is 8.52. The molecule has 1 heterocycles. The molecule has 3 rings (SSSR count). The Bertz CT molecular complexity index is 1140. The Labute approximate surface area is 174 Å². The van der Waals surface area contributed by atoms with Crippen molar-refractivity contribution in [3.8, 4) is 0 Å². The topological polar surface area (TPSA) is 90.5 Å². The summed E-state index contributed by atoms with van der Waals surface area (Å²) in [5, 5.41) is 9.46. The van der Waals surface area contributed by atoms with Crippen molar-refractivity contribution in [2.45, 2.75) is 32.9 Å². The van der Waals surface area contributed by atoms with Gasteiger partial charge in [0.15, 0.2) is 0 Å². The molecule has 0 aliphatic heterocycles. The summed E-state index contributed by atoms with van der Waals surface area (Å²) in [7, 11) is 0. The number of hydrogen-bond acceptors (Lipinski definition) is 4. The van der Waals surface area contributed by atoms with Gasteiger partial charge in [0.25, 0.3) is 0 Å². The molecule has 0 fully saturated rings. The van der Waals surface area contributed by atoms with Gasteiger partial charge >= 0.3 is 17.8 Å². The molecule has 0 amide bonds. The van der Waals surface area contributed by atoms with Crippen LogP contribution in [0.1, 0.15) is 36.7 Å². The lowest BCUT2D eigenvalue weighted by atomic mass is 10.1. The van der Waals surface area contributed by atoms with Gasteiger partial charge in [-0.05, 0) is 73.2 Å². The lowest BCUT2D eigenvalue weighted by Gasteiger charge is -2.20. The molecule has 0 aliphatic rings. The average Bonchev–Trinajstić information content (AvgIpc) is 2.85. The molecule has 0 saturated carbocycles. The number of nitrogens with zero attached hydrogens (tertiary/aromatic N) is 2. The van der Waals surface area contributed by atoms with E-state index in [0.29, 0.717) is 26.7 Å². The summed E-state index contributed by atoms with van der Waals surface area (Å²) in [5.74, 6) is -0.493. The van der Waals surface area contributed by atoms with Gasteiger partial charge in [0.1, 0.15) is 5.60 Å². The molecule has 0 aliphatic carbocycles. The highest BCUT2D eigenvalue weighted by Gasteiger charge is 2.22. The highest BCUT2D eigenvalue weighted by Crippen LogP contribution is 2.21. The lowest BCUT2D eigenvalue weighted by molar-refractivity contribution is 0.00681. The highest BCUT2D eigenvalue weighted by atomic mass is 127. The van der Waals surface area contributed by atoms with Crippen LogP contribution in [0.15, 0.2) is 47.3 Å². The van der Waals surface area contributed by atoms with E-state index in [1.807, 2.05) is 0 Å². The van der Waals surface area contributed by atoms with Crippen molar-refractivity contribution >= 4 is 45.7 Å². The predicted molar refractivity (Wildman–Crippen MR) is 113 cm³/mol. The van der Waals surface area contributed by atoms with Crippen LogP contribution in [-0.2, 0) is 11.3 Å². The van der Waals surface area contributed by atoms with Gasteiger partial charge < -0.3 is 9.84 Å². The van der Waals surface area contributed by atoms with E-state index in [-0.39, 0.29) is 6.54 Å². The van der Waals surface area contributed by atoms with E-state index < -0.39 is 23.4 Å². The van der Waals surface area contributed by atoms with Crippen LogP contribution in [0.25, 0.3) is 11.0 Å². The molecular formula is C20H19IN2O5. The Balaban J connectivity index is 2.14. The number of halogens is 1. The summed E-state index contributed by atoms with van der Waals surface area (Å²) in [6.07, 6.45) is -1.35. The van der Waals surface area contributed by atoms with E-state index in [0.717, 1.165) is 3.57 Å². The fourth-order valence-electron chi connectivity index (χ4n) is 2.93. The number of fused-ring (bicyclic) bond motifs is 1. The van der Waals surface area contributed by atoms with Crippen LogP contribution in [0, 0.1) is 3.57 Å². The number of imidazole rings is 1. The summed E-state index contributed by atoms with van der Waals surface area (Å²) in [6.45, 7) is 5.38. The number of carbonyl (C=O) groups excluding carboxylic acids is 1. The number of benzene rings is 2. The number of carboxylic acid groups (broad SMARTS) is 1. The van der Waals surface area contributed by atoms with Crippen molar-refractivity contribution in [2.24, 2.45) is 0 Å². The summed E-state index contributed by atoms with van der Waals surface area (Å²) >= 11 is 2.10. The molecule has 1 aromatic heterocycles. The molecule has 3 aromatic rings. The molecule has 0 unspecified atom stereocenters. The number of carbonyl (C=O) groups is 2. The maximum atomic E-state index is 12.8. The molecule has 0 radical (unpaired) electrons. The summed E-state index contributed by atoms with van der Waals surface area (Å²) in [4.78, 5) is 37.0. The Morgan fingerprint density at radius 1 is 1.11 bits per heavy atom. The molecule has 1 N–H and O–H groups in total. The monoisotopic (exact) mass is 494 g/mol. The van der Waals surface area contributed by atoms with E-state index in [9.17, 15) is 19.5 Å². The number of esters is 1. The minimum Gasteiger partial charge on any atom is -0.464 e. The standard InChI is InChI=1S/C20H19IN2O5/c1-20(2,3)28-17(24)14-7-5-4-6-12(14)11-22-16-10-13(21)8-9-15(16)23(18(22)25)19(26)27/h4-10H,11H2,1-3H3,(H,26,27). The first-order chi connectivity index (χ1) is 13.1. The van der Waals surface area contributed by atoms with E-state index in [4.69, 9.17) is 4.74 Å². The van der Waals surface area contributed by atoms with Crippen molar-refractivity contribution in [2.75, 3.05) is 0 Å². The van der Waals surface area contributed by atoms with Gasteiger partial charge in [-0.15, -0.1) is 0 Å². The minimum atomic E-state index is -1.35. The SMILES string of the molecule is CC(C)(C)OC(=O)c1ccccc1Cn1c(=O)n(C(=O)O)c2ccc(I)cc21. The van der Waals surface area contributed by atoms with Crippen molar-refractivity contribution in [1.29, 1.82) is 0 Å². The molecule has 7 nitrogen and oxygen atoms in total. The van der Waals surface area contributed by atoms with Crippen molar-refractivity contribution in [3.05, 3.63) is 67.6 Å². The smallest absolute Gasteiger partial charge is 0.420 e. The van der Waals surface area contributed by atoms with Crippen LogP contribution < -0.4 is 5.69 Å². The van der Waals surface area contributed by atoms with Crippen LogP contribution in [0.3, 0.4) is 0 Å². The molecule has 0 bridgehead atoms. The zero-order valence-electron chi connectivity index (χ0n) is 15.6. The zero-order valence-corrected chi connectivity index (χ0v) is 17.8. The molecule has 2 aromatic carbocycles. The first kappa shape index (κ1) is 20.1. The van der Waals surface area contributed by atoms with E-state index in [1.165, 1.54) is 4.57 Å². The Morgan fingerprint density at radius 2 is 1.79 bits per heavy atom. The minimum absolute atomic E-state index is 0.0467. The molecule has 146 valence electrons. The number of rotatable bonds is 3. The summed E-state index contributed by atoms with van der Waals surface area (Å²) in [6, 6.07) is 11.9. The van der Waals surface area contributed by atoms with Crippen LogP contribution in [-0.4, -0.2) is 31.9 Å². The molecule has 0 saturated heterocycles. The van der Waals surface area contributed by atoms with Gasteiger partial charge in [0.2, 0.25) is 0 Å². The number of aromatic nitrogens is 2. The lowest BCUT2D eigenvalue weighted by Crippen LogP contribution is -2.29. The Morgan fingerprint density at radius 3 is 2.43 bits per heavy atom. The van der Waals surface area contributed by atoms with E-state index >= 15 is 0 Å². The Kier molecular flexibility index (Phi) is 5.33. The van der Waals surface area contributed by atoms with E-state index in [1.54, 1.807) is 63.2 Å². The molecule has 0 spiro atoms. The van der Waals surface area contributed by atoms with Crippen molar-refractivity contribution in [1.82, 2.24) is 9.13 Å². The van der Waals surface area contributed by atoms with Gasteiger partial charge in [-0.25, -0.2) is 14.4 Å². The summed E-state index contributed by atoms with van der Waals surface area (Å²) in [5.41, 5.74) is 0.360. The van der Waals surface area contributed by atoms with Gasteiger partial charge in [-0.3, -0.25) is 4.57 Å². The third-order valence-electron chi connectivity index (χ3n) is 4.05. The predicted octanol–water partition coefficient (Wildman–Crippen LogP) is 3.94. The van der Waals surface area contributed by atoms with Crippen LogP contribution in [0.2, 0.25) is 0 Å². The zero-order chi connectivity index (χ0) is 20.6. The van der Waals surface area contributed by atoms with Gasteiger partial charge in [-0.1, -0.05) is 18.2 Å². The van der Waals surface area contributed by atoms with Crippen LogP contribution in [0.5, 0.6) is 0 Å². The quantitative estimate of drug-likeness (QED) is 0.440. The first-order valence-electron chi connectivity index (χ1n) is 8.54. The first-order valence-corrected chi connectivity index (χ1v) is 9.62. The van der Waals surface area contributed by atoms with Crippen LogP contribution in [0.4, 0.5) is 4.79 Å². The normalized spacial score (nSPS) is 11.6. The maximum Gasteiger partial charge on any atom is 0.420 e. The third-order valence-corrected chi connectivity index (χ3v) is 4.72. The maximum absolute atomic E-state index is 12.8. The molecule has 8 heteroatoms. The van der Waals surface area contributed by atoms with E-state index in [2.05, 4.69) is 22.6 Å². The van der Waals surface area contributed by atoms with Crippen molar-refractivity contribution in [3.63, 3.8) is 0 Å². The molecular weight excluding hydrogens is 475 g/mol.